The topological polar surface area (TPSA) is 20.3 Å². The van der Waals surface area contributed by atoms with Gasteiger partial charge in [-0.25, -0.2) is 0 Å². The molecule has 0 N–H and O–H groups in total. The number of carbonyl (C=O) groups excluding carboxylic acids is 1. The number of likely N-dealkylation sites (N-methyl/N-ethyl adjacent to an activating group) is 1. The molecule has 52 valence electrons. The Hall–Kier alpha value is -0.790. The van der Waals surface area contributed by atoms with Crippen molar-refractivity contribution in [1.29, 1.82) is 0 Å². The van der Waals surface area contributed by atoms with Crippen molar-refractivity contribution in [3.05, 3.63) is 12.2 Å². The predicted molar refractivity (Wildman–Crippen MR) is 38.1 cm³/mol. The number of hydrogen-bond acceptors (Lipinski definition) is 1. The summed E-state index contributed by atoms with van der Waals surface area (Å²) in [5, 5.41) is 0. The molecule has 0 saturated carbocycles. The third-order valence-corrected chi connectivity index (χ3v) is 1.15. The van der Waals surface area contributed by atoms with E-state index >= 15 is 0 Å². The summed E-state index contributed by atoms with van der Waals surface area (Å²) in [7, 11) is 1.78. The van der Waals surface area contributed by atoms with Crippen LogP contribution in [0.1, 0.15) is 13.8 Å². The summed E-state index contributed by atoms with van der Waals surface area (Å²) in [4.78, 5) is 12.2. The minimum Gasteiger partial charge on any atom is -0.342 e. The molecule has 0 saturated heterocycles. The molecule has 0 unspecified atom stereocenters. The van der Waals surface area contributed by atoms with Crippen molar-refractivity contribution in [2.75, 3.05) is 13.6 Å². The zero-order valence-electron chi connectivity index (χ0n) is 6.22. The molecule has 0 aliphatic rings. The molecule has 2 nitrogen and oxygen atoms in total. The van der Waals surface area contributed by atoms with E-state index in [4.69, 9.17) is 0 Å². The second-order valence-corrected chi connectivity index (χ2v) is 1.97. The number of hydrogen-bond donors (Lipinski definition) is 0. The van der Waals surface area contributed by atoms with E-state index in [1.165, 1.54) is 0 Å². The summed E-state index contributed by atoms with van der Waals surface area (Å²) in [6, 6.07) is 0. The quantitative estimate of drug-likeness (QED) is 0.507. The normalized spacial score (nSPS) is 10.1. The van der Waals surface area contributed by atoms with Gasteiger partial charge in [-0.05, 0) is 6.92 Å². The van der Waals surface area contributed by atoms with E-state index < -0.39 is 0 Å². The largest absolute Gasteiger partial charge is 0.342 e. The minimum absolute atomic E-state index is 0.105. The first-order valence-electron chi connectivity index (χ1n) is 3.01. The van der Waals surface area contributed by atoms with Gasteiger partial charge in [-0.2, -0.15) is 0 Å². The Morgan fingerprint density at radius 3 is 2.56 bits per heavy atom. The number of nitrogens with zero attached hydrogens (tertiary/aromatic N) is 1. The fourth-order valence-electron chi connectivity index (χ4n) is 0.392. The van der Waals surface area contributed by atoms with Crippen LogP contribution < -0.4 is 0 Å². The van der Waals surface area contributed by atoms with E-state index in [0.717, 1.165) is 0 Å². The fourth-order valence-corrected chi connectivity index (χ4v) is 0.392. The molecule has 0 aromatic rings. The standard InChI is InChI=1S/C7H13NO/c1-4-5-6-8(3)7(2)9/h4-5H,6H2,1-3H3. The van der Waals surface area contributed by atoms with E-state index in [1.54, 1.807) is 18.9 Å². The third kappa shape index (κ3) is 3.76. The van der Waals surface area contributed by atoms with Gasteiger partial charge in [0, 0.05) is 20.5 Å². The Morgan fingerprint density at radius 1 is 1.67 bits per heavy atom. The highest BCUT2D eigenvalue weighted by atomic mass is 16.2. The zero-order chi connectivity index (χ0) is 7.28. The molecule has 0 atom stereocenters. The molecular formula is C7H13NO. The highest BCUT2D eigenvalue weighted by Gasteiger charge is 1.95. The fraction of sp³-hybridized carbons (Fsp3) is 0.571. The van der Waals surface area contributed by atoms with Gasteiger partial charge >= 0.3 is 0 Å². The summed E-state index contributed by atoms with van der Waals surface area (Å²) < 4.78 is 0. The van der Waals surface area contributed by atoms with Crippen molar-refractivity contribution in [1.82, 2.24) is 4.90 Å². The molecule has 0 radical (unpaired) electrons. The molecule has 0 aromatic carbocycles. The van der Waals surface area contributed by atoms with Crippen LogP contribution in [0.3, 0.4) is 0 Å². The van der Waals surface area contributed by atoms with E-state index in [9.17, 15) is 4.79 Å². The lowest BCUT2D eigenvalue weighted by atomic mass is 10.4. The summed E-state index contributed by atoms with van der Waals surface area (Å²) >= 11 is 0. The highest BCUT2D eigenvalue weighted by molar-refractivity contribution is 5.72. The van der Waals surface area contributed by atoms with Crippen LogP contribution in [0.4, 0.5) is 0 Å². The first-order chi connectivity index (χ1) is 4.18. The van der Waals surface area contributed by atoms with E-state index in [1.807, 2.05) is 19.1 Å². The molecule has 0 aliphatic heterocycles. The SMILES string of the molecule is CC=CCN(C)C(C)=O. The minimum atomic E-state index is 0.105. The lowest BCUT2D eigenvalue weighted by molar-refractivity contribution is -0.127. The Kier molecular flexibility index (Phi) is 3.76. The Morgan fingerprint density at radius 2 is 2.22 bits per heavy atom. The Labute approximate surface area is 56.2 Å². The summed E-state index contributed by atoms with van der Waals surface area (Å²) in [6.07, 6.45) is 3.88. The van der Waals surface area contributed by atoms with Crippen LogP contribution in [0.5, 0.6) is 0 Å². The van der Waals surface area contributed by atoms with E-state index in [0.29, 0.717) is 6.54 Å². The second-order valence-electron chi connectivity index (χ2n) is 1.97. The van der Waals surface area contributed by atoms with Crippen LogP contribution in [-0.2, 0) is 4.79 Å². The van der Waals surface area contributed by atoms with Gasteiger partial charge in [0.15, 0.2) is 0 Å². The summed E-state index contributed by atoms with van der Waals surface area (Å²) in [5.74, 6) is 0.105. The van der Waals surface area contributed by atoms with Crippen molar-refractivity contribution in [2.45, 2.75) is 13.8 Å². The number of allylic oxidation sites excluding steroid dienone is 1. The molecule has 0 spiro atoms. The van der Waals surface area contributed by atoms with Gasteiger partial charge in [0.05, 0.1) is 0 Å². The van der Waals surface area contributed by atoms with Gasteiger partial charge in [0.2, 0.25) is 5.91 Å². The average molecular weight is 127 g/mol. The van der Waals surface area contributed by atoms with Gasteiger partial charge in [0.1, 0.15) is 0 Å². The highest BCUT2D eigenvalue weighted by Crippen LogP contribution is 1.82. The lowest BCUT2D eigenvalue weighted by Crippen LogP contribution is -2.23. The van der Waals surface area contributed by atoms with Gasteiger partial charge in [-0.15, -0.1) is 0 Å². The van der Waals surface area contributed by atoms with Gasteiger partial charge in [-0.1, -0.05) is 12.2 Å². The average Bonchev–Trinajstić information content (AvgIpc) is 1.82. The van der Waals surface area contributed by atoms with Crippen LogP contribution >= 0.6 is 0 Å². The molecule has 2 heteroatoms. The van der Waals surface area contributed by atoms with Gasteiger partial charge in [0.25, 0.3) is 0 Å². The lowest BCUT2D eigenvalue weighted by Gasteiger charge is -2.10. The predicted octanol–water partition coefficient (Wildman–Crippen LogP) is 1.04. The van der Waals surface area contributed by atoms with E-state index in [2.05, 4.69) is 0 Å². The number of rotatable bonds is 2. The number of carbonyl (C=O) groups is 1. The molecule has 0 rings (SSSR count). The van der Waals surface area contributed by atoms with Crippen LogP contribution in [0.25, 0.3) is 0 Å². The van der Waals surface area contributed by atoms with E-state index in [-0.39, 0.29) is 5.91 Å². The molecule has 0 aromatic heterocycles. The molecule has 9 heavy (non-hydrogen) atoms. The second kappa shape index (κ2) is 4.13. The molecule has 0 aliphatic carbocycles. The maximum atomic E-state index is 10.5. The Bertz CT molecular complexity index is 118. The van der Waals surface area contributed by atoms with Crippen LogP contribution in [0.2, 0.25) is 0 Å². The van der Waals surface area contributed by atoms with Crippen molar-refractivity contribution in [3.8, 4) is 0 Å². The molecule has 0 fully saturated rings. The van der Waals surface area contributed by atoms with Crippen molar-refractivity contribution < 1.29 is 4.79 Å². The van der Waals surface area contributed by atoms with Gasteiger partial charge < -0.3 is 4.90 Å². The Balaban J connectivity index is 3.50. The third-order valence-electron chi connectivity index (χ3n) is 1.15. The summed E-state index contributed by atoms with van der Waals surface area (Å²) in [5.41, 5.74) is 0. The maximum absolute atomic E-state index is 10.5. The maximum Gasteiger partial charge on any atom is 0.219 e. The first kappa shape index (κ1) is 8.21. The van der Waals surface area contributed by atoms with Crippen LogP contribution in [0, 0.1) is 0 Å². The number of amides is 1. The molecule has 1 amide bonds. The van der Waals surface area contributed by atoms with Crippen molar-refractivity contribution in [3.63, 3.8) is 0 Å². The molecule has 0 bridgehead atoms. The van der Waals surface area contributed by atoms with Gasteiger partial charge in [-0.3, -0.25) is 4.79 Å². The monoisotopic (exact) mass is 127 g/mol. The van der Waals surface area contributed by atoms with Crippen molar-refractivity contribution in [2.24, 2.45) is 0 Å². The molecule has 0 heterocycles. The zero-order valence-corrected chi connectivity index (χ0v) is 6.22. The van der Waals surface area contributed by atoms with Crippen LogP contribution in [-0.4, -0.2) is 24.4 Å². The van der Waals surface area contributed by atoms with Crippen LogP contribution in [0.15, 0.2) is 12.2 Å². The smallest absolute Gasteiger partial charge is 0.219 e. The van der Waals surface area contributed by atoms with Crippen molar-refractivity contribution >= 4 is 5.91 Å². The molecular weight excluding hydrogens is 114 g/mol. The summed E-state index contributed by atoms with van der Waals surface area (Å²) in [6.45, 7) is 4.21. The first-order valence-corrected chi connectivity index (χ1v) is 3.01.